The van der Waals surface area contributed by atoms with Crippen molar-refractivity contribution in [2.45, 2.75) is 13.0 Å². The zero-order valence-electron chi connectivity index (χ0n) is 15.7. The molecule has 0 spiro atoms. The van der Waals surface area contributed by atoms with Crippen LogP contribution < -0.4 is 15.4 Å². The lowest BCUT2D eigenvalue weighted by atomic mass is 10.1. The molecule has 0 aliphatic heterocycles. The first-order chi connectivity index (χ1) is 14.1. The fourth-order valence-electron chi connectivity index (χ4n) is 2.68. The molecule has 0 saturated heterocycles. The Morgan fingerprint density at radius 1 is 0.828 bits per heavy atom. The van der Waals surface area contributed by atoms with E-state index in [0.717, 1.165) is 5.56 Å². The van der Waals surface area contributed by atoms with Gasteiger partial charge in [-0.15, -0.1) is 0 Å². The Kier molecular flexibility index (Phi) is 6.95. The summed E-state index contributed by atoms with van der Waals surface area (Å²) in [5, 5.41) is 5.32. The number of hydrogen-bond donors (Lipinski definition) is 2. The number of benzene rings is 3. The molecule has 6 heteroatoms. The lowest BCUT2D eigenvalue weighted by molar-refractivity contribution is -0.123. The Bertz CT molecular complexity index is 977. The summed E-state index contributed by atoms with van der Waals surface area (Å²) < 4.78 is 18.9. The molecule has 5 nitrogen and oxygen atoms in total. The monoisotopic (exact) mass is 392 g/mol. The molecule has 3 aromatic rings. The van der Waals surface area contributed by atoms with Gasteiger partial charge in [-0.3, -0.25) is 9.59 Å². The molecule has 2 amide bonds. The Morgan fingerprint density at radius 3 is 2.38 bits per heavy atom. The maximum Gasteiger partial charge on any atom is 0.243 e. The van der Waals surface area contributed by atoms with Crippen molar-refractivity contribution in [3.05, 3.63) is 95.8 Å². The van der Waals surface area contributed by atoms with Crippen LogP contribution >= 0.6 is 0 Å². The van der Waals surface area contributed by atoms with Gasteiger partial charge in [0.05, 0.1) is 13.0 Å². The topological polar surface area (TPSA) is 67.4 Å². The van der Waals surface area contributed by atoms with Crippen LogP contribution in [0.5, 0.6) is 5.75 Å². The van der Waals surface area contributed by atoms with E-state index >= 15 is 0 Å². The van der Waals surface area contributed by atoms with Crippen molar-refractivity contribution in [2.24, 2.45) is 0 Å². The van der Waals surface area contributed by atoms with Gasteiger partial charge in [0.2, 0.25) is 11.8 Å². The van der Waals surface area contributed by atoms with Crippen LogP contribution in [0.1, 0.15) is 11.1 Å². The third-order valence-corrected chi connectivity index (χ3v) is 4.07. The predicted molar refractivity (Wildman–Crippen MR) is 109 cm³/mol. The standard InChI is InChI=1S/C23H21FN2O3/c24-19-9-4-8-18(12-19)16-29-21-11-5-10-20(14-21)26-23(28)15-25-22(27)13-17-6-2-1-3-7-17/h1-12,14H,13,15-16H2,(H,25,27)(H,26,28). The zero-order valence-corrected chi connectivity index (χ0v) is 15.7. The van der Waals surface area contributed by atoms with Gasteiger partial charge in [0.25, 0.3) is 0 Å². The molecular formula is C23H21FN2O3. The van der Waals surface area contributed by atoms with Crippen LogP contribution in [0.4, 0.5) is 10.1 Å². The first-order valence-corrected chi connectivity index (χ1v) is 9.16. The third kappa shape index (κ3) is 6.77. The van der Waals surface area contributed by atoms with Crippen molar-refractivity contribution in [3.63, 3.8) is 0 Å². The van der Waals surface area contributed by atoms with Crippen LogP contribution in [0.3, 0.4) is 0 Å². The normalized spacial score (nSPS) is 10.2. The summed E-state index contributed by atoms with van der Waals surface area (Å²) in [6.07, 6.45) is 0.220. The Balaban J connectivity index is 1.46. The lowest BCUT2D eigenvalue weighted by Gasteiger charge is -2.10. The van der Waals surface area contributed by atoms with E-state index in [0.29, 0.717) is 17.0 Å². The summed E-state index contributed by atoms with van der Waals surface area (Å²) in [5.74, 6) is -0.339. The van der Waals surface area contributed by atoms with E-state index < -0.39 is 0 Å². The first kappa shape index (κ1) is 20.1. The van der Waals surface area contributed by atoms with Crippen LogP contribution in [0, 0.1) is 5.82 Å². The molecule has 3 rings (SSSR count). The average Bonchev–Trinajstić information content (AvgIpc) is 2.72. The number of anilines is 1. The molecule has 3 aromatic carbocycles. The molecule has 0 radical (unpaired) electrons. The van der Waals surface area contributed by atoms with Crippen molar-refractivity contribution in [1.29, 1.82) is 0 Å². The molecule has 0 fully saturated rings. The highest BCUT2D eigenvalue weighted by atomic mass is 19.1. The summed E-state index contributed by atoms with van der Waals surface area (Å²) in [6, 6.07) is 22.4. The first-order valence-electron chi connectivity index (χ1n) is 9.16. The second kappa shape index (κ2) is 10.0. The van der Waals surface area contributed by atoms with E-state index in [1.54, 1.807) is 36.4 Å². The van der Waals surface area contributed by atoms with Crippen LogP contribution in [-0.2, 0) is 22.6 Å². The largest absolute Gasteiger partial charge is 0.489 e. The lowest BCUT2D eigenvalue weighted by Crippen LogP contribution is -2.33. The molecule has 0 heterocycles. The number of carbonyl (C=O) groups is 2. The van der Waals surface area contributed by atoms with Crippen LogP contribution in [0.15, 0.2) is 78.9 Å². The summed E-state index contributed by atoms with van der Waals surface area (Å²) in [7, 11) is 0. The number of halogens is 1. The van der Waals surface area contributed by atoms with Crippen LogP contribution in [0.25, 0.3) is 0 Å². The van der Waals surface area contributed by atoms with E-state index in [-0.39, 0.29) is 37.2 Å². The number of rotatable bonds is 8. The smallest absolute Gasteiger partial charge is 0.243 e. The number of hydrogen-bond acceptors (Lipinski definition) is 3. The maximum atomic E-state index is 13.2. The van der Waals surface area contributed by atoms with Gasteiger partial charge in [-0.05, 0) is 35.4 Å². The molecule has 29 heavy (non-hydrogen) atoms. The van der Waals surface area contributed by atoms with Gasteiger partial charge < -0.3 is 15.4 Å². The minimum atomic E-state index is -0.339. The van der Waals surface area contributed by atoms with Gasteiger partial charge in [0.1, 0.15) is 18.2 Å². The van der Waals surface area contributed by atoms with Crippen molar-refractivity contribution in [1.82, 2.24) is 5.32 Å². The van der Waals surface area contributed by atoms with Crippen molar-refractivity contribution < 1.29 is 18.7 Å². The minimum Gasteiger partial charge on any atom is -0.489 e. The summed E-state index contributed by atoms with van der Waals surface area (Å²) in [5.41, 5.74) is 2.14. The SMILES string of the molecule is O=C(Cc1ccccc1)NCC(=O)Nc1cccc(OCc2cccc(F)c2)c1. The van der Waals surface area contributed by atoms with Gasteiger partial charge in [-0.2, -0.15) is 0 Å². The van der Waals surface area contributed by atoms with E-state index in [1.165, 1.54) is 12.1 Å². The van der Waals surface area contributed by atoms with Gasteiger partial charge >= 0.3 is 0 Å². The third-order valence-electron chi connectivity index (χ3n) is 4.07. The molecule has 2 N–H and O–H groups in total. The summed E-state index contributed by atoms with van der Waals surface area (Å²) in [4.78, 5) is 24.0. The molecule has 0 bridgehead atoms. The Morgan fingerprint density at radius 2 is 1.59 bits per heavy atom. The van der Waals surface area contributed by atoms with Crippen LogP contribution in [-0.4, -0.2) is 18.4 Å². The van der Waals surface area contributed by atoms with Crippen LogP contribution in [0.2, 0.25) is 0 Å². The molecule has 0 aliphatic carbocycles. The zero-order chi connectivity index (χ0) is 20.5. The highest BCUT2D eigenvalue weighted by Gasteiger charge is 2.07. The molecule has 0 atom stereocenters. The highest BCUT2D eigenvalue weighted by Crippen LogP contribution is 2.18. The predicted octanol–water partition coefficient (Wildman–Crippen LogP) is 3.70. The number of nitrogens with one attached hydrogen (secondary N) is 2. The number of ether oxygens (including phenoxy) is 1. The van der Waals surface area contributed by atoms with Gasteiger partial charge in [0.15, 0.2) is 0 Å². The van der Waals surface area contributed by atoms with E-state index in [2.05, 4.69) is 10.6 Å². The number of carbonyl (C=O) groups excluding carboxylic acids is 2. The summed E-state index contributed by atoms with van der Waals surface area (Å²) >= 11 is 0. The average molecular weight is 392 g/mol. The Labute approximate surface area is 168 Å². The van der Waals surface area contributed by atoms with E-state index in [4.69, 9.17) is 4.74 Å². The van der Waals surface area contributed by atoms with Gasteiger partial charge in [-0.25, -0.2) is 4.39 Å². The van der Waals surface area contributed by atoms with Crippen molar-refractivity contribution >= 4 is 17.5 Å². The molecule has 0 aliphatic rings. The maximum absolute atomic E-state index is 13.2. The van der Waals surface area contributed by atoms with Crippen molar-refractivity contribution in [3.8, 4) is 5.75 Å². The molecule has 0 aromatic heterocycles. The molecule has 0 unspecified atom stereocenters. The van der Waals surface area contributed by atoms with Gasteiger partial charge in [-0.1, -0.05) is 48.5 Å². The number of amides is 2. The van der Waals surface area contributed by atoms with Gasteiger partial charge in [0, 0.05) is 11.8 Å². The molecule has 0 saturated carbocycles. The molecule has 148 valence electrons. The quantitative estimate of drug-likeness (QED) is 0.614. The van der Waals surface area contributed by atoms with E-state index in [1.807, 2.05) is 30.3 Å². The molecular weight excluding hydrogens is 371 g/mol. The Hall–Kier alpha value is -3.67. The highest BCUT2D eigenvalue weighted by molar-refractivity contribution is 5.94. The van der Waals surface area contributed by atoms with E-state index in [9.17, 15) is 14.0 Å². The fraction of sp³-hybridized carbons (Fsp3) is 0.130. The second-order valence-electron chi connectivity index (χ2n) is 6.43. The minimum absolute atomic E-state index is 0.125. The fourth-order valence-corrected chi connectivity index (χ4v) is 2.68. The van der Waals surface area contributed by atoms with Crippen molar-refractivity contribution in [2.75, 3.05) is 11.9 Å². The summed E-state index contributed by atoms with van der Waals surface area (Å²) in [6.45, 7) is 0.0880. The second-order valence-corrected chi connectivity index (χ2v) is 6.43.